The molecule has 0 saturated carbocycles. The van der Waals surface area contributed by atoms with Crippen molar-refractivity contribution in [1.82, 2.24) is 4.90 Å². The number of halogens is 2. The molecule has 1 aliphatic rings. The molecule has 1 amide bonds. The van der Waals surface area contributed by atoms with E-state index >= 15 is 0 Å². The smallest absolute Gasteiger partial charge is 0.278 e. The molecule has 0 bridgehead atoms. The maximum atomic E-state index is 14.1. The predicted octanol–water partition coefficient (Wildman–Crippen LogP) is 3.38. The Kier molecular flexibility index (Phi) is 5.99. The summed E-state index contributed by atoms with van der Waals surface area (Å²) in [7, 11) is 0. The summed E-state index contributed by atoms with van der Waals surface area (Å²) in [5.74, 6) is 0.620. The predicted molar refractivity (Wildman–Crippen MR) is 100.0 cm³/mol. The van der Waals surface area contributed by atoms with Gasteiger partial charge in [0.2, 0.25) is 0 Å². The fourth-order valence-electron chi connectivity index (χ4n) is 2.96. The summed E-state index contributed by atoms with van der Waals surface area (Å²) in [4.78, 5) is 14.5. The average molecular weight is 380 g/mol. The van der Waals surface area contributed by atoms with E-state index in [-0.39, 0.29) is 23.1 Å². The number of nitrogens with zero attached hydrogens (tertiary/aromatic N) is 1. The van der Waals surface area contributed by atoms with Gasteiger partial charge < -0.3 is 10.2 Å². The quantitative estimate of drug-likeness (QED) is 0.864. The van der Waals surface area contributed by atoms with Crippen LogP contribution in [0.25, 0.3) is 0 Å². The van der Waals surface area contributed by atoms with Gasteiger partial charge in [-0.15, -0.1) is 11.8 Å². The van der Waals surface area contributed by atoms with Gasteiger partial charge in [-0.05, 0) is 25.1 Å². The Morgan fingerprint density at radius 3 is 2.76 bits per heavy atom. The van der Waals surface area contributed by atoms with Crippen LogP contribution in [0.15, 0.2) is 48.5 Å². The van der Waals surface area contributed by atoms with Crippen LogP contribution >= 0.6 is 23.4 Å². The van der Waals surface area contributed by atoms with Crippen molar-refractivity contribution in [3.8, 4) is 0 Å². The Bertz CT molecular complexity index is 740. The third-order valence-corrected chi connectivity index (χ3v) is 5.92. The number of nitrogens with two attached hydrogens (primary N) is 1. The highest BCUT2D eigenvalue weighted by atomic mass is 35.5. The first kappa shape index (κ1) is 18.2. The van der Waals surface area contributed by atoms with E-state index < -0.39 is 0 Å². The molecule has 1 aliphatic heterocycles. The van der Waals surface area contributed by atoms with Crippen molar-refractivity contribution < 1.29 is 14.5 Å². The van der Waals surface area contributed by atoms with E-state index in [1.54, 1.807) is 28.8 Å². The van der Waals surface area contributed by atoms with Gasteiger partial charge in [-0.3, -0.25) is 4.79 Å². The normalized spacial score (nSPS) is 18.4. The van der Waals surface area contributed by atoms with E-state index in [2.05, 4.69) is 6.92 Å². The van der Waals surface area contributed by atoms with Crippen molar-refractivity contribution in [2.75, 3.05) is 18.8 Å². The van der Waals surface area contributed by atoms with Crippen molar-refractivity contribution in [1.29, 1.82) is 0 Å². The number of amides is 1. The largest absolute Gasteiger partial charge is 0.333 e. The second-order valence-electron chi connectivity index (χ2n) is 6.11. The Labute approximate surface area is 156 Å². The molecule has 2 atom stereocenters. The van der Waals surface area contributed by atoms with Crippen LogP contribution in [0, 0.1) is 5.82 Å². The van der Waals surface area contributed by atoms with Crippen LogP contribution in [-0.2, 0) is 4.79 Å². The molecule has 1 heterocycles. The molecule has 1 fully saturated rings. The maximum Gasteiger partial charge on any atom is 0.278 e. The van der Waals surface area contributed by atoms with Crippen LogP contribution in [-0.4, -0.2) is 29.6 Å². The summed E-state index contributed by atoms with van der Waals surface area (Å²) >= 11 is 7.53. The number of carbonyl (C=O) groups is 1. The van der Waals surface area contributed by atoms with Crippen LogP contribution in [0.4, 0.5) is 4.39 Å². The molecule has 0 unspecified atom stereocenters. The van der Waals surface area contributed by atoms with E-state index in [4.69, 9.17) is 11.6 Å². The van der Waals surface area contributed by atoms with Gasteiger partial charge in [0.1, 0.15) is 17.2 Å². The average Bonchev–Trinajstić information content (AvgIpc) is 3.10. The van der Waals surface area contributed by atoms with Crippen molar-refractivity contribution in [3.05, 3.63) is 70.5 Å². The molecule has 0 aliphatic carbocycles. The van der Waals surface area contributed by atoms with Crippen LogP contribution in [0.3, 0.4) is 0 Å². The van der Waals surface area contributed by atoms with Gasteiger partial charge in [0.25, 0.3) is 5.91 Å². The lowest BCUT2D eigenvalue weighted by Gasteiger charge is -2.24. The van der Waals surface area contributed by atoms with Crippen LogP contribution < -0.4 is 5.32 Å². The minimum absolute atomic E-state index is 0.0408. The Hall–Kier alpha value is -1.56. The maximum absolute atomic E-state index is 14.1. The second kappa shape index (κ2) is 8.21. The fraction of sp³-hybridized carbons (Fsp3) is 0.316. The monoisotopic (exact) mass is 379 g/mol. The molecule has 0 radical (unpaired) electrons. The third kappa shape index (κ3) is 4.35. The molecule has 1 saturated heterocycles. The topological polar surface area (TPSA) is 36.9 Å². The molecule has 2 aromatic rings. The zero-order valence-electron chi connectivity index (χ0n) is 14.0. The number of benzene rings is 2. The summed E-state index contributed by atoms with van der Waals surface area (Å²) in [6.07, 6.45) is 0. The summed E-state index contributed by atoms with van der Waals surface area (Å²) in [6, 6.07) is 14.5. The highest BCUT2D eigenvalue weighted by Gasteiger charge is 2.33. The molecular formula is C19H21ClFN2OS+. The fourth-order valence-corrected chi connectivity index (χ4v) is 4.38. The Balaban J connectivity index is 1.62. The van der Waals surface area contributed by atoms with Crippen LogP contribution in [0.1, 0.15) is 29.5 Å². The number of carbonyl (C=O) groups excluding carboxylic acids is 1. The zero-order chi connectivity index (χ0) is 17.8. The lowest BCUT2D eigenvalue weighted by Crippen LogP contribution is -2.87. The molecular weight excluding hydrogens is 359 g/mol. The zero-order valence-corrected chi connectivity index (χ0v) is 15.6. The number of rotatable bonds is 5. The van der Waals surface area contributed by atoms with Crippen molar-refractivity contribution >= 4 is 29.3 Å². The molecule has 3 nitrogen and oxygen atoms in total. The van der Waals surface area contributed by atoms with Gasteiger partial charge in [-0.1, -0.05) is 41.9 Å². The lowest BCUT2D eigenvalue weighted by atomic mass is 10.1. The molecule has 25 heavy (non-hydrogen) atoms. The van der Waals surface area contributed by atoms with Gasteiger partial charge in [0.15, 0.2) is 6.54 Å². The first-order valence-corrected chi connectivity index (χ1v) is 9.73. The highest BCUT2D eigenvalue weighted by Crippen LogP contribution is 2.38. The van der Waals surface area contributed by atoms with Crippen molar-refractivity contribution in [2.45, 2.75) is 18.3 Å². The first-order valence-electron chi connectivity index (χ1n) is 8.30. The van der Waals surface area contributed by atoms with E-state index in [1.165, 1.54) is 6.07 Å². The molecule has 3 rings (SSSR count). The molecule has 2 aromatic carbocycles. The molecule has 2 N–H and O–H groups in total. The standard InChI is InChI=1S/C19H20ClFN2OS/c1-13(14-6-8-15(20)9-7-14)22-12-18(24)23-10-11-25-19(23)16-4-2-3-5-17(16)21/h2-9,13,19,22H,10-12H2,1H3/p+1/t13-,19+/m0/s1. The summed E-state index contributed by atoms with van der Waals surface area (Å²) in [5, 5.41) is 2.48. The highest BCUT2D eigenvalue weighted by molar-refractivity contribution is 7.99. The van der Waals surface area contributed by atoms with Crippen LogP contribution in [0.5, 0.6) is 0 Å². The number of hydrogen-bond donors (Lipinski definition) is 1. The SMILES string of the molecule is C[C@H]([NH2+]CC(=O)N1CCS[C@@H]1c1ccccc1F)c1ccc(Cl)cc1. The number of hydrogen-bond acceptors (Lipinski definition) is 2. The van der Waals surface area contributed by atoms with Crippen LogP contribution in [0.2, 0.25) is 5.02 Å². The minimum Gasteiger partial charge on any atom is -0.333 e. The van der Waals surface area contributed by atoms with E-state index in [9.17, 15) is 9.18 Å². The van der Waals surface area contributed by atoms with Gasteiger partial charge in [-0.2, -0.15) is 0 Å². The molecule has 6 heteroatoms. The molecule has 132 valence electrons. The van der Waals surface area contributed by atoms with E-state index in [0.717, 1.165) is 11.3 Å². The van der Waals surface area contributed by atoms with Gasteiger partial charge in [0.05, 0.1) is 0 Å². The van der Waals surface area contributed by atoms with Crippen molar-refractivity contribution in [2.24, 2.45) is 0 Å². The second-order valence-corrected chi connectivity index (χ2v) is 7.74. The summed E-state index contributed by atoms with van der Waals surface area (Å²) < 4.78 is 14.1. The summed E-state index contributed by atoms with van der Waals surface area (Å²) in [5.41, 5.74) is 1.71. The Morgan fingerprint density at radius 2 is 2.04 bits per heavy atom. The molecule has 0 spiro atoms. The number of thioether (sulfide) groups is 1. The lowest BCUT2D eigenvalue weighted by molar-refractivity contribution is -0.683. The van der Waals surface area contributed by atoms with E-state index in [0.29, 0.717) is 23.7 Å². The minimum atomic E-state index is -0.252. The van der Waals surface area contributed by atoms with Crippen molar-refractivity contribution in [3.63, 3.8) is 0 Å². The number of quaternary nitrogens is 1. The Morgan fingerprint density at radius 1 is 1.32 bits per heavy atom. The van der Waals surface area contributed by atoms with Gasteiger partial charge >= 0.3 is 0 Å². The van der Waals surface area contributed by atoms with Gasteiger partial charge in [0, 0.05) is 28.4 Å². The van der Waals surface area contributed by atoms with E-state index in [1.807, 2.05) is 35.6 Å². The van der Waals surface area contributed by atoms with Gasteiger partial charge in [-0.25, -0.2) is 4.39 Å². The molecule has 0 aromatic heterocycles. The first-order chi connectivity index (χ1) is 12.1. The third-order valence-electron chi connectivity index (χ3n) is 4.42. The summed E-state index contributed by atoms with van der Waals surface area (Å²) in [6.45, 7) is 3.06.